The van der Waals surface area contributed by atoms with E-state index >= 15 is 0 Å². The summed E-state index contributed by atoms with van der Waals surface area (Å²) in [6, 6.07) is 8.12. The average molecular weight is 369 g/mol. The first-order valence-corrected chi connectivity index (χ1v) is 9.17. The smallest absolute Gasteiger partial charge is 0.269 e. The van der Waals surface area contributed by atoms with Gasteiger partial charge in [-0.05, 0) is 19.4 Å². The highest BCUT2D eigenvalue weighted by molar-refractivity contribution is 5.92. The van der Waals surface area contributed by atoms with Crippen LogP contribution in [0.2, 0.25) is 0 Å². The summed E-state index contributed by atoms with van der Waals surface area (Å²) in [5.41, 5.74) is 2.89. The van der Waals surface area contributed by atoms with Gasteiger partial charge in [0, 0.05) is 39.8 Å². The van der Waals surface area contributed by atoms with E-state index in [0.29, 0.717) is 25.3 Å². The summed E-state index contributed by atoms with van der Waals surface area (Å²) in [4.78, 5) is 32.8. The molecule has 1 aliphatic rings. The van der Waals surface area contributed by atoms with Gasteiger partial charge in [-0.3, -0.25) is 14.5 Å². The Morgan fingerprint density at radius 1 is 1.33 bits per heavy atom. The quantitative estimate of drug-likeness (QED) is 0.860. The highest BCUT2D eigenvalue weighted by Gasteiger charge is 2.36. The standard InChI is InChI=1S/C20H27N5O2/c1-14-6-5-7-16(8-14)11-25-15(2)20(27)23(3)12-17(25)9-22-19(26)18-10-21-13-24(18)4/h5-8,10,13,15,17H,9,11-12H2,1-4H3,(H,22,26)/t15-,17+/m0/s1. The van der Waals surface area contributed by atoms with E-state index in [0.717, 1.165) is 0 Å². The molecule has 0 bridgehead atoms. The fourth-order valence-electron chi connectivity index (χ4n) is 3.63. The topological polar surface area (TPSA) is 70.5 Å². The number of nitrogens with one attached hydrogen (secondary N) is 1. The predicted octanol–water partition coefficient (Wildman–Crippen LogP) is 1.19. The summed E-state index contributed by atoms with van der Waals surface area (Å²) in [6.07, 6.45) is 3.16. The number of piperazine rings is 1. The molecule has 2 atom stereocenters. The van der Waals surface area contributed by atoms with Crippen molar-refractivity contribution in [3.8, 4) is 0 Å². The van der Waals surface area contributed by atoms with Gasteiger partial charge in [0.25, 0.3) is 5.91 Å². The Hall–Kier alpha value is -2.67. The van der Waals surface area contributed by atoms with Crippen molar-refractivity contribution in [2.24, 2.45) is 7.05 Å². The molecule has 0 radical (unpaired) electrons. The van der Waals surface area contributed by atoms with Gasteiger partial charge in [0.15, 0.2) is 0 Å². The van der Waals surface area contributed by atoms with Crippen LogP contribution in [0.5, 0.6) is 0 Å². The van der Waals surface area contributed by atoms with Crippen LogP contribution in [0, 0.1) is 6.92 Å². The number of hydrogen-bond acceptors (Lipinski definition) is 4. The highest BCUT2D eigenvalue weighted by Crippen LogP contribution is 2.20. The molecule has 2 aromatic rings. The van der Waals surface area contributed by atoms with Gasteiger partial charge in [0.1, 0.15) is 5.69 Å². The number of rotatable bonds is 5. The summed E-state index contributed by atoms with van der Waals surface area (Å²) in [7, 11) is 3.61. The second-order valence-corrected chi connectivity index (χ2v) is 7.31. The van der Waals surface area contributed by atoms with Gasteiger partial charge in [-0.2, -0.15) is 0 Å². The van der Waals surface area contributed by atoms with E-state index in [-0.39, 0.29) is 23.9 Å². The van der Waals surface area contributed by atoms with Crippen LogP contribution >= 0.6 is 0 Å². The van der Waals surface area contributed by atoms with Crippen molar-refractivity contribution in [3.63, 3.8) is 0 Å². The molecule has 27 heavy (non-hydrogen) atoms. The van der Waals surface area contributed by atoms with Crippen LogP contribution in [0.3, 0.4) is 0 Å². The van der Waals surface area contributed by atoms with Gasteiger partial charge < -0.3 is 14.8 Å². The lowest BCUT2D eigenvalue weighted by Gasteiger charge is -2.44. The molecule has 144 valence electrons. The number of imidazole rings is 1. The SMILES string of the molecule is Cc1cccc(CN2[C@H](CNC(=O)c3cncn3C)CN(C)C(=O)[C@@H]2C)c1. The van der Waals surface area contributed by atoms with Crippen molar-refractivity contribution in [3.05, 3.63) is 53.6 Å². The molecule has 1 fully saturated rings. The summed E-state index contributed by atoms with van der Waals surface area (Å²) in [5.74, 6) is -0.0467. The van der Waals surface area contributed by atoms with Gasteiger partial charge in [0.05, 0.1) is 18.6 Å². The Labute approximate surface area is 160 Å². The number of carbonyl (C=O) groups is 2. The molecular weight excluding hydrogens is 342 g/mol. The largest absolute Gasteiger partial charge is 0.349 e. The average Bonchev–Trinajstić information content (AvgIpc) is 3.06. The lowest BCUT2D eigenvalue weighted by Crippen LogP contribution is -2.62. The number of likely N-dealkylation sites (N-methyl/N-ethyl adjacent to an activating group) is 1. The Balaban J connectivity index is 1.74. The molecule has 2 amide bonds. The Bertz CT molecular complexity index is 831. The van der Waals surface area contributed by atoms with Crippen LogP contribution in [-0.2, 0) is 18.4 Å². The minimum absolute atomic E-state index is 0.0420. The van der Waals surface area contributed by atoms with E-state index in [2.05, 4.69) is 40.3 Å². The molecule has 0 saturated carbocycles. The molecule has 0 spiro atoms. The van der Waals surface area contributed by atoms with E-state index in [1.807, 2.05) is 20.0 Å². The number of aryl methyl sites for hydroxylation is 2. The summed E-state index contributed by atoms with van der Waals surface area (Å²) in [6.45, 7) is 5.73. The minimum Gasteiger partial charge on any atom is -0.349 e. The molecule has 1 aliphatic heterocycles. The van der Waals surface area contributed by atoms with Crippen molar-refractivity contribution in [2.75, 3.05) is 20.1 Å². The number of aromatic nitrogens is 2. The second kappa shape index (κ2) is 7.92. The lowest BCUT2D eigenvalue weighted by molar-refractivity contribution is -0.142. The first kappa shape index (κ1) is 19.1. The Morgan fingerprint density at radius 3 is 2.78 bits per heavy atom. The molecular formula is C20H27N5O2. The number of carbonyl (C=O) groups excluding carboxylic acids is 2. The van der Waals surface area contributed by atoms with Gasteiger partial charge in [-0.25, -0.2) is 4.98 Å². The molecule has 2 heterocycles. The first-order chi connectivity index (χ1) is 12.9. The number of nitrogens with zero attached hydrogens (tertiary/aromatic N) is 4. The molecule has 1 N–H and O–H groups in total. The maximum absolute atomic E-state index is 12.5. The van der Waals surface area contributed by atoms with Gasteiger partial charge >= 0.3 is 0 Å². The molecule has 0 unspecified atom stereocenters. The van der Waals surface area contributed by atoms with Crippen LogP contribution in [0.15, 0.2) is 36.8 Å². The first-order valence-electron chi connectivity index (χ1n) is 9.17. The molecule has 7 heteroatoms. The number of benzene rings is 1. The normalized spacial score (nSPS) is 20.7. The summed E-state index contributed by atoms with van der Waals surface area (Å²) < 4.78 is 1.69. The predicted molar refractivity (Wildman–Crippen MR) is 103 cm³/mol. The van der Waals surface area contributed by atoms with Crippen LogP contribution < -0.4 is 5.32 Å². The van der Waals surface area contributed by atoms with E-state index in [9.17, 15) is 9.59 Å². The zero-order chi connectivity index (χ0) is 19.6. The molecule has 1 aromatic heterocycles. The molecule has 3 rings (SSSR count). The van der Waals surface area contributed by atoms with E-state index in [4.69, 9.17) is 0 Å². The van der Waals surface area contributed by atoms with Crippen molar-refractivity contribution in [1.29, 1.82) is 0 Å². The van der Waals surface area contributed by atoms with Gasteiger partial charge in [-0.1, -0.05) is 29.8 Å². The Morgan fingerprint density at radius 2 is 2.11 bits per heavy atom. The summed E-state index contributed by atoms with van der Waals surface area (Å²) >= 11 is 0. The van der Waals surface area contributed by atoms with E-state index in [1.54, 1.807) is 29.0 Å². The third-order valence-corrected chi connectivity index (χ3v) is 5.18. The van der Waals surface area contributed by atoms with Crippen molar-refractivity contribution < 1.29 is 9.59 Å². The molecule has 7 nitrogen and oxygen atoms in total. The van der Waals surface area contributed by atoms with E-state index < -0.39 is 0 Å². The fraction of sp³-hybridized carbons (Fsp3) is 0.450. The monoisotopic (exact) mass is 369 g/mol. The maximum atomic E-state index is 12.5. The third-order valence-electron chi connectivity index (χ3n) is 5.18. The molecule has 1 aromatic carbocycles. The molecule has 0 aliphatic carbocycles. The van der Waals surface area contributed by atoms with Crippen LogP contribution in [-0.4, -0.2) is 63.4 Å². The van der Waals surface area contributed by atoms with E-state index in [1.165, 1.54) is 11.1 Å². The second-order valence-electron chi connectivity index (χ2n) is 7.31. The fourth-order valence-corrected chi connectivity index (χ4v) is 3.63. The van der Waals surface area contributed by atoms with Crippen molar-refractivity contribution in [2.45, 2.75) is 32.5 Å². The van der Waals surface area contributed by atoms with Gasteiger partial charge in [0.2, 0.25) is 5.91 Å². The minimum atomic E-state index is -0.233. The zero-order valence-electron chi connectivity index (χ0n) is 16.3. The van der Waals surface area contributed by atoms with Crippen molar-refractivity contribution >= 4 is 11.8 Å². The zero-order valence-corrected chi connectivity index (χ0v) is 16.3. The summed E-state index contributed by atoms with van der Waals surface area (Å²) in [5, 5.41) is 3.00. The number of hydrogen-bond donors (Lipinski definition) is 1. The van der Waals surface area contributed by atoms with Gasteiger partial charge in [-0.15, -0.1) is 0 Å². The highest BCUT2D eigenvalue weighted by atomic mass is 16.2. The lowest BCUT2D eigenvalue weighted by atomic mass is 10.0. The number of amides is 2. The van der Waals surface area contributed by atoms with Crippen LogP contribution in [0.1, 0.15) is 28.5 Å². The van der Waals surface area contributed by atoms with Crippen LogP contribution in [0.4, 0.5) is 0 Å². The van der Waals surface area contributed by atoms with Crippen molar-refractivity contribution in [1.82, 2.24) is 24.7 Å². The maximum Gasteiger partial charge on any atom is 0.269 e. The molecule has 1 saturated heterocycles. The van der Waals surface area contributed by atoms with Crippen LogP contribution in [0.25, 0.3) is 0 Å². The Kier molecular flexibility index (Phi) is 5.60. The third kappa shape index (κ3) is 4.19.